The number of hydrogen-bond acceptors (Lipinski definition) is 5. The van der Waals surface area contributed by atoms with Crippen LogP contribution >= 0.6 is 0 Å². The van der Waals surface area contributed by atoms with Gasteiger partial charge >= 0.3 is 0 Å². The van der Waals surface area contributed by atoms with Crippen molar-refractivity contribution in [2.45, 2.75) is 102 Å². The van der Waals surface area contributed by atoms with Crippen LogP contribution in [0.2, 0.25) is 0 Å². The van der Waals surface area contributed by atoms with Crippen molar-refractivity contribution in [3.8, 4) is 0 Å². The van der Waals surface area contributed by atoms with E-state index in [1.54, 1.807) is 0 Å². The number of aliphatic hydroxyl groups is 2. The molecule has 0 bridgehead atoms. The lowest BCUT2D eigenvalue weighted by molar-refractivity contribution is -0.135. The summed E-state index contributed by atoms with van der Waals surface area (Å²) in [4.78, 5) is 5.36. The first-order valence-corrected chi connectivity index (χ1v) is 13.9. The summed E-state index contributed by atoms with van der Waals surface area (Å²) < 4.78 is 5.63. The largest absolute Gasteiger partial charge is 0.393 e. The van der Waals surface area contributed by atoms with Crippen LogP contribution in [0.4, 0.5) is 0 Å². The number of rotatable bonds is 2. The number of aliphatic hydroxyl groups excluding tert-OH is 2. The average Bonchev–Trinajstić information content (AvgIpc) is 3.38. The van der Waals surface area contributed by atoms with E-state index in [1.165, 1.54) is 51.4 Å². The van der Waals surface area contributed by atoms with Crippen LogP contribution in [0.25, 0.3) is 0 Å². The molecule has 2 heterocycles. The Morgan fingerprint density at radius 3 is 2.41 bits per heavy atom. The first-order chi connectivity index (χ1) is 15.4. The van der Waals surface area contributed by atoms with Gasteiger partial charge in [-0.3, -0.25) is 9.80 Å². The van der Waals surface area contributed by atoms with Gasteiger partial charge in [-0.2, -0.15) is 0 Å². The van der Waals surface area contributed by atoms with E-state index in [0.717, 1.165) is 57.5 Å². The topological polar surface area (TPSA) is 56.2 Å². The minimum absolute atomic E-state index is 0.0662. The van der Waals surface area contributed by atoms with Crippen LogP contribution in [0.15, 0.2) is 0 Å². The van der Waals surface area contributed by atoms with Crippen LogP contribution in [0.1, 0.15) is 78.1 Å². The van der Waals surface area contributed by atoms with E-state index in [1.807, 2.05) is 0 Å². The molecule has 6 aliphatic rings. The molecule has 4 aliphatic carbocycles. The molecule has 0 aromatic rings. The third kappa shape index (κ3) is 3.28. The molecule has 0 aromatic carbocycles. The third-order valence-corrected chi connectivity index (χ3v) is 11.8. The Balaban J connectivity index is 1.23. The molecule has 0 aromatic heterocycles. The molecule has 0 radical (unpaired) electrons. The van der Waals surface area contributed by atoms with Crippen molar-refractivity contribution in [2.24, 2.45) is 34.5 Å². The zero-order chi connectivity index (χ0) is 22.1. The molecule has 2 N–H and O–H groups in total. The summed E-state index contributed by atoms with van der Waals surface area (Å²) in [7, 11) is 0. The summed E-state index contributed by atoms with van der Waals surface area (Å²) >= 11 is 0. The molecule has 2 aliphatic heterocycles. The highest BCUT2D eigenvalue weighted by atomic mass is 16.5. The van der Waals surface area contributed by atoms with Crippen LogP contribution in [-0.2, 0) is 4.74 Å². The van der Waals surface area contributed by atoms with Gasteiger partial charge in [0.1, 0.15) is 0 Å². The van der Waals surface area contributed by atoms with Crippen LogP contribution in [0.3, 0.4) is 0 Å². The predicted molar refractivity (Wildman–Crippen MR) is 125 cm³/mol. The lowest BCUT2D eigenvalue weighted by atomic mass is 9.45. The van der Waals surface area contributed by atoms with Crippen molar-refractivity contribution < 1.29 is 14.9 Å². The van der Waals surface area contributed by atoms with Crippen molar-refractivity contribution in [1.29, 1.82) is 0 Å². The van der Waals surface area contributed by atoms with Crippen LogP contribution in [0, 0.1) is 34.5 Å². The fraction of sp³-hybridized carbons (Fsp3) is 1.00. The summed E-state index contributed by atoms with van der Waals surface area (Å²) in [6.45, 7) is 9.96. The molecule has 10 atom stereocenters. The maximum absolute atomic E-state index is 11.8. The maximum atomic E-state index is 11.8. The monoisotopic (exact) mass is 446 g/mol. The van der Waals surface area contributed by atoms with Gasteiger partial charge in [0.2, 0.25) is 0 Å². The van der Waals surface area contributed by atoms with E-state index in [-0.39, 0.29) is 17.6 Å². The Kier molecular flexibility index (Phi) is 5.70. The molecule has 4 saturated carbocycles. The van der Waals surface area contributed by atoms with E-state index in [2.05, 4.69) is 23.6 Å². The van der Waals surface area contributed by atoms with Gasteiger partial charge in [-0.15, -0.1) is 0 Å². The average molecular weight is 447 g/mol. The molecule has 5 unspecified atom stereocenters. The Bertz CT molecular complexity index is 698. The van der Waals surface area contributed by atoms with Gasteiger partial charge < -0.3 is 14.9 Å². The SMILES string of the molecule is C[C@]12CCC(O)CC1CC[C@@H]1[C@H]2CC[C@]2(C)C(O)C(N3CCCC3N3CCOCC3)C[C@@H]12. The van der Waals surface area contributed by atoms with Gasteiger partial charge in [0.15, 0.2) is 0 Å². The Hall–Kier alpha value is -0.200. The van der Waals surface area contributed by atoms with E-state index in [0.29, 0.717) is 29.5 Å². The van der Waals surface area contributed by atoms with Gasteiger partial charge in [-0.05, 0) is 98.7 Å². The fourth-order valence-corrected chi connectivity index (χ4v) is 9.97. The quantitative estimate of drug-likeness (QED) is 0.680. The second-order valence-electron chi connectivity index (χ2n) is 12.9. The van der Waals surface area contributed by atoms with Gasteiger partial charge in [0.25, 0.3) is 0 Å². The summed E-state index contributed by atoms with van der Waals surface area (Å²) in [6.07, 6.45) is 12.3. The number of hydrogen-bond donors (Lipinski definition) is 2. The zero-order valence-corrected chi connectivity index (χ0v) is 20.4. The van der Waals surface area contributed by atoms with Crippen LogP contribution in [-0.4, -0.2) is 77.3 Å². The minimum atomic E-state index is -0.186. The summed E-state index contributed by atoms with van der Waals surface area (Å²) in [5.74, 6) is 2.95. The van der Waals surface area contributed by atoms with Gasteiger partial charge in [-0.1, -0.05) is 13.8 Å². The first-order valence-electron chi connectivity index (χ1n) is 13.9. The molecular formula is C27H46N2O3. The van der Waals surface area contributed by atoms with E-state index in [9.17, 15) is 10.2 Å². The number of ether oxygens (including phenoxy) is 1. The number of fused-ring (bicyclic) bond motifs is 5. The smallest absolute Gasteiger partial charge is 0.0752 e. The molecule has 6 rings (SSSR count). The standard InChI is InChI=1S/C27H46N2O3/c1-26-9-7-19(30)16-18(26)5-6-20-21(26)8-10-27(2)22(20)17-23(25(27)31)29-11-3-4-24(29)28-12-14-32-15-13-28/h18-25,30-31H,3-17H2,1-2H3/t18?,19?,20-,21-,22+,23?,24?,25?,26+,27+/m1/s1. The number of nitrogens with zero attached hydrogens (tertiary/aromatic N) is 2. The molecule has 182 valence electrons. The molecule has 5 heteroatoms. The van der Waals surface area contributed by atoms with Crippen molar-refractivity contribution in [3.05, 3.63) is 0 Å². The van der Waals surface area contributed by atoms with Crippen molar-refractivity contribution in [3.63, 3.8) is 0 Å². The highest BCUT2D eigenvalue weighted by Crippen LogP contribution is 2.66. The van der Waals surface area contributed by atoms with Crippen molar-refractivity contribution in [1.82, 2.24) is 9.80 Å². The zero-order valence-electron chi connectivity index (χ0n) is 20.4. The van der Waals surface area contributed by atoms with E-state index >= 15 is 0 Å². The van der Waals surface area contributed by atoms with Crippen molar-refractivity contribution in [2.75, 3.05) is 32.8 Å². The summed E-state index contributed by atoms with van der Waals surface area (Å²) in [5.41, 5.74) is 0.498. The second kappa shape index (κ2) is 8.19. The first kappa shape index (κ1) is 22.3. The van der Waals surface area contributed by atoms with Crippen molar-refractivity contribution >= 4 is 0 Å². The van der Waals surface area contributed by atoms with E-state index < -0.39 is 0 Å². The highest BCUT2D eigenvalue weighted by molar-refractivity contribution is 5.13. The normalized spacial score (nSPS) is 54.8. The lowest BCUT2D eigenvalue weighted by Gasteiger charge is -2.60. The van der Waals surface area contributed by atoms with Gasteiger partial charge in [-0.25, -0.2) is 0 Å². The van der Waals surface area contributed by atoms with Crippen LogP contribution in [0.5, 0.6) is 0 Å². The molecule has 5 nitrogen and oxygen atoms in total. The maximum Gasteiger partial charge on any atom is 0.0752 e. The third-order valence-electron chi connectivity index (χ3n) is 11.8. The van der Waals surface area contributed by atoms with Gasteiger partial charge in [0, 0.05) is 25.7 Å². The van der Waals surface area contributed by atoms with Crippen LogP contribution < -0.4 is 0 Å². The number of morpholine rings is 1. The molecule has 32 heavy (non-hydrogen) atoms. The summed E-state index contributed by atoms with van der Waals surface area (Å²) in [6, 6.07) is 0.331. The Morgan fingerprint density at radius 2 is 1.59 bits per heavy atom. The molecule has 2 saturated heterocycles. The lowest BCUT2D eigenvalue weighted by Crippen LogP contribution is -2.56. The predicted octanol–water partition coefficient (Wildman–Crippen LogP) is 3.48. The molecular weight excluding hydrogens is 400 g/mol. The highest BCUT2D eigenvalue weighted by Gasteiger charge is 2.63. The fourth-order valence-electron chi connectivity index (χ4n) is 9.97. The molecule has 0 amide bonds. The van der Waals surface area contributed by atoms with E-state index in [4.69, 9.17) is 4.74 Å². The summed E-state index contributed by atoms with van der Waals surface area (Å²) in [5, 5.41) is 22.1. The minimum Gasteiger partial charge on any atom is -0.393 e. The molecule has 0 spiro atoms. The Labute approximate surface area is 194 Å². The van der Waals surface area contributed by atoms with Gasteiger partial charge in [0.05, 0.1) is 31.6 Å². The second-order valence-corrected chi connectivity index (χ2v) is 12.9. The number of likely N-dealkylation sites (tertiary alicyclic amines) is 1. The molecule has 6 fully saturated rings. The Morgan fingerprint density at radius 1 is 0.812 bits per heavy atom.